The van der Waals surface area contributed by atoms with Gasteiger partial charge in [0.2, 0.25) is 11.9 Å². The molecule has 0 spiro atoms. The quantitative estimate of drug-likeness (QED) is 0.497. The monoisotopic (exact) mass is 479 g/mol. The van der Waals surface area contributed by atoms with Gasteiger partial charge in [0.05, 0.1) is 16.0 Å². The van der Waals surface area contributed by atoms with Gasteiger partial charge in [-0.3, -0.25) is 19.3 Å². The molecule has 0 saturated heterocycles. The maximum absolute atomic E-state index is 13.1. The fourth-order valence-electron chi connectivity index (χ4n) is 3.64. The van der Waals surface area contributed by atoms with E-state index < -0.39 is 33.8 Å². The van der Waals surface area contributed by atoms with Crippen LogP contribution in [0, 0.1) is 5.92 Å². The summed E-state index contributed by atoms with van der Waals surface area (Å²) in [6.07, 6.45) is 2.81. The van der Waals surface area contributed by atoms with Crippen LogP contribution in [-0.4, -0.2) is 47.0 Å². The molecule has 174 valence electrons. The lowest BCUT2D eigenvalue weighted by Gasteiger charge is -2.28. The zero-order valence-corrected chi connectivity index (χ0v) is 19.1. The number of hydrogen-bond donors (Lipinski definition) is 2. The Morgan fingerprint density at radius 2 is 1.44 bits per heavy atom. The van der Waals surface area contributed by atoms with Crippen molar-refractivity contribution in [2.45, 2.75) is 24.8 Å². The van der Waals surface area contributed by atoms with Gasteiger partial charge in [0.25, 0.3) is 21.8 Å². The predicted octanol–water partition coefficient (Wildman–Crippen LogP) is 2.54. The van der Waals surface area contributed by atoms with Crippen molar-refractivity contribution in [3.05, 3.63) is 78.1 Å². The molecule has 1 aliphatic heterocycles. The fraction of sp³-hybridized carbons (Fsp3) is 0.174. The molecule has 1 unspecified atom stereocenters. The summed E-state index contributed by atoms with van der Waals surface area (Å²) in [7, 11) is -3.93. The third-order valence-electron chi connectivity index (χ3n) is 5.23. The number of hydrogen-bond acceptors (Lipinski definition) is 7. The highest BCUT2D eigenvalue weighted by molar-refractivity contribution is 7.92. The van der Waals surface area contributed by atoms with Crippen molar-refractivity contribution in [3.63, 3.8) is 0 Å². The molecule has 1 aromatic heterocycles. The number of fused-ring (bicyclic) bond motifs is 1. The van der Waals surface area contributed by atoms with Gasteiger partial charge in [0.1, 0.15) is 6.04 Å². The van der Waals surface area contributed by atoms with Gasteiger partial charge < -0.3 is 5.32 Å². The predicted molar refractivity (Wildman–Crippen MR) is 123 cm³/mol. The Kier molecular flexibility index (Phi) is 6.12. The van der Waals surface area contributed by atoms with E-state index in [9.17, 15) is 22.8 Å². The molecule has 2 aromatic carbocycles. The largest absolute Gasteiger partial charge is 0.324 e. The Balaban J connectivity index is 1.51. The zero-order valence-electron chi connectivity index (χ0n) is 18.3. The summed E-state index contributed by atoms with van der Waals surface area (Å²) in [5.74, 6) is -2.04. The third kappa shape index (κ3) is 4.37. The summed E-state index contributed by atoms with van der Waals surface area (Å²) >= 11 is 0. The molecule has 34 heavy (non-hydrogen) atoms. The summed E-state index contributed by atoms with van der Waals surface area (Å²) in [6, 6.07) is 12.4. The fourth-order valence-corrected chi connectivity index (χ4v) is 4.60. The Morgan fingerprint density at radius 3 is 1.97 bits per heavy atom. The second-order valence-corrected chi connectivity index (χ2v) is 9.59. The number of nitrogens with one attached hydrogen (secondary N) is 2. The summed E-state index contributed by atoms with van der Waals surface area (Å²) in [4.78, 5) is 47.4. The van der Waals surface area contributed by atoms with Crippen LogP contribution < -0.4 is 10.0 Å². The number of benzene rings is 2. The molecule has 0 radical (unpaired) electrons. The van der Waals surface area contributed by atoms with Crippen molar-refractivity contribution in [1.29, 1.82) is 0 Å². The average molecular weight is 480 g/mol. The van der Waals surface area contributed by atoms with E-state index >= 15 is 0 Å². The molecule has 10 nitrogen and oxygen atoms in total. The van der Waals surface area contributed by atoms with E-state index in [1.807, 2.05) is 0 Å². The van der Waals surface area contributed by atoms with E-state index in [-0.39, 0.29) is 27.9 Å². The number of rotatable bonds is 7. The van der Waals surface area contributed by atoms with Gasteiger partial charge in [-0.1, -0.05) is 26.0 Å². The number of imide groups is 1. The van der Waals surface area contributed by atoms with Crippen LogP contribution in [0.5, 0.6) is 0 Å². The van der Waals surface area contributed by atoms with Crippen LogP contribution in [0.4, 0.5) is 11.6 Å². The summed E-state index contributed by atoms with van der Waals surface area (Å²) in [5.41, 5.74) is 0.827. The Bertz CT molecular complexity index is 1320. The molecule has 3 aromatic rings. The van der Waals surface area contributed by atoms with E-state index in [1.165, 1.54) is 36.7 Å². The van der Waals surface area contributed by atoms with Gasteiger partial charge >= 0.3 is 0 Å². The van der Waals surface area contributed by atoms with E-state index in [2.05, 4.69) is 20.0 Å². The lowest BCUT2D eigenvalue weighted by atomic mass is 10.0. The van der Waals surface area contributed by atoms with Gasteiger partial charge in [-0.2, -0.15) is 0 Å². The van der Waals surface area contributed by atoms with Crippen molar-refractivity contribution in [2.24, 2.45) is 5.92 Å². The van der Waals surface area contributed by atoms with Gasteiger partial charge in [0.15, 0.2) is 0 Å². The minimum atomic E-state index is -3.93. The number of nitrogens with zero attached hydrogens (tertiary/aromatic N) is 3. The standard InChI is InChI=1S/C23H21N5O5S/c1-14(2)19(28-21(30)17-6-3-4-7-18(17)22(28)31)20(29)26-15-8-10-16(11-9-15)34(32,33)27-23-24-12-5-13-25-23/h3-14,19H,1-2H3,(H,26,29)(H,24,25,27). The molecule has 2 heterocycles. The molecule has 2 N–H and O–H groups in total. The molecular weight excluding hydrogens is 458 g/mol. The smallest absolute Gasteiger partial charge is 0.264 e. The normalized spacial score (nSPS) is 14.1. The number of amides is 3. The molecule has 3 amide bonds. The lowest BCUT2D eigenvalue weighted by Crippen LogP contribution is -2.50. The first-order valence-electron chi connectivity index (χ1n) is 10.4. The van der Waals surface area contributed by atoms with Crippen molar-refractivity contribution in [1.82, 2.24) is 14.9 Å². The van der Waals surface area contributed by atoms with Crippen molar-refractivity contribution in [2.75, 3.05) is 10.0 Å². The first-order valence-corrected chi connectivity index (χ1v) is 11.8. The maximum Gasteiger partial charge on any atom is 0.264 e. The van der Waals surface area contributed by atoms with Crippen molar-refractivity contribution < 1.29 is 22.8 Å². The highest BCUT2D eigenvalue weighted by Gasteiger charge is 2.43. The van der Waals surface area contributed by atoms with Crippen LogP contribution in [0.25, 0.3) is 0 Å². The Hall–Kier alpha value is -4.12. The van der Waals surface area contributed by atoms with E-state index in [4.69, 9.17) is 0 Å². The zero-order chi connectivity index (χ0) is 24.5. The molecule has 1 atom stereocenters. The summed E-state index contributed by atoms with van der Waals surface area (Å²) in [6.45, 7) is 3.47. The SMILES string of the molecule is CC(C)C(C(=O)Nc1ccc(S(=O)(=O)Nc2ncccn2)cc1)N1C(=O)c2ccccc2C1=O. The van der Waals surface area contributed by atoms with Crippen LogP contribution in [0.15, 0.2) is 71.9 Å². The number of sulfonamides is 1. The topological polar surface area (TPSA) is 138 Å². The van der Waals surface area contributed by atoms with Gasteiger partial charge in [-0.25, -0.2) is 23.1 Å². The Morgan fingerprint density at radius 1 is 0.882 bits per heavy atom. The number of carbonyl (C=O) groups is 3. The van der Waals surface area contributed by atoms with Gasteiger partial charge in [-0.05, 0) is 48.4 Å². The van der Waals surface area contributed by atoms with Gasteiger partial charge in [-0.15, -0.1) is 0 Å². The van der Waals surface area contributed by atoms with Crippen LogP contribution >= 0.6 is 0 Å². The van der Waals surface area contributed by atoms with Crippen molar-refractivity contribution in [3.8, 4) is 0 Å². The van der Waals surface area contributed by atoms with Crippen molar-refractivity contribution >= 4 is 39.4 Å². The summed E-state index contributed by atoms with van der Waals surface area (Å²) < 4.78 is 27.3. The minimum absolute atomic E-state index is 0.0568. The number of anilines is 2. The molecule has 0 bridgehead atoms. The van der Waals surface area contributed by atoms with Crippen LogP contribution in [0.1, 0.15) is 34.6 Å². The average Bonchev–Trinajstić information content (AvgIpc) is 3.05. The second-order valence-electron chi connectivity index (χ2n) is 7.91. The maximum atomic E-state index is 13.1. The number of carbonyl (C=O) groups excluding carboxylic acids is 3. The third-order valence-corrected chi connectivity index (χ3v) is 6.57. The van der Waals surface area contributed by atoms with Crippen LogP contribution in [-0.2, 0) is 14.8 Å². The second kappa shape index (κ2) is 9.02. The summed E-state index contributed by atoms with van der Waals surface area (Å²) in [5, 5.41) is 2.67. The minimum Gasteiger partial charge on any atom is -0.324 e. The highest BCUT2D eigenvalue weighted by Crippen LogP contribution is 2.28. The van der Waals surface area contributed by atoms with Gasteiger partial charge in [0, 0.05) is 18.1 Å². The van der Waals surface area contributed by atoms with E-state index in [0.717, 1.165) is 4.90 Å². The lowest BCUT2D eigenvalue weighted by molar-refractivity contribution is -0.121. The van der Waals surface area contributed by atoms with Crippen LogP contribution in [0.3, 0.4) is 0 Å². The van der Waals surface area contributed by atoms with E-state index in [1.54, 1.807) is 44.2 Å². The first-order chi connectivity index (χ1) is 16.2. The molecule has 1 aliphatic rings. The number of aromatic nitrogens is 2. The molecule has 11 heteroatoms. The van der Waals surface area contributed by atoms with Crippen LogP contribution in [0.2, 0.25) is 0 Å². The molecule has 0 fully saturated rings. The van der Waals surface area contributed by atoms with E-state index in [0.29, 0.717) is 5.69 Å². The molecule has 0 aliphatic carbocycles. The molecule has 0 saturated carbocycles. The Labute approximate surface area is 196 Å². The first kappa shape index (κ1) is 23.1. The highest BCUT2D eigenvalue weighted by atomic mass is 32.2. The molecular formula is C23H21N5O5S. The molecule has 4 rings (SSSR count).